The molecule has 0 bridgehead atoms. The van der Waals surface area contributed by atoms with Gasteiger partial charge in [-0.2, -0.15) is 36.5 Å². The van der Waals surface area contributed by atoms with Crippen molar-refractivity contribution in [2.45, 2.75) is 37.7 Å². The minimum absolute atomic E-state index is 0.306. The number of fused-ring (bicyclic) bond motifs is 1. The van der Waals surface area contributed by atoms with Crippen molar-refractivity contribution in [1.29, 1.82) is 0 Å². The summed E-state index contributed by atoms with van der Waals surface area (Å²) < 4.78 is 82.6. The van der Waals surface area contributed by atoms with E-state index in [4.69, 9.17) is 0 Å². The summed E-state index contributed by atoms with van der Waals surface area (Å²) in [5.74, 6) is -1.02. The molecule has 0 spiro atoms. The Hall–Kier alpha value is -3.31. The Morgan fingerprint density at radius 2 is 1.84 bits per heavy atom. The van der Waals surface area contributed by atoms with Gasteiger partial charge < -0.3 is 5.32 Å². The lowest BCUT2D eigenvalue weighted by Crippen LogP contribution is -2.32. The van der Waals surface area contributed by atoms with Crippen molar-refractivity contribution < 1.29 is 31.1 Å². The Bertz CT molecular complexity index is 1160. The van der Waals surface area contributed by atoms with Crippen LogP contribution in [0.1, 0.15) is 51.8 Å². The van der Waals surface area contributed by atoms with E-state index < -0.39 is 46.8 Å². The van der Waals surface area contributed by atoms with Gasteiger partial charge in [0, 0.05) is 18.3 Å². The maximum absolute atomic E-state index is 13.9. The van der Waals surface area contributed by atoms with E-state index in [0.717, 1.165) is 35.9 Å². The van der Waals surface area contributed by atoms with Crippen molar-refractivity contribution in [2.24, 2.45) is 7.05 Å². The molecule has 1 aliphatic rings. The van der Waals surface area contributed by atoms with Crippen molar-refractivity contribution >= 4 is 5.91 Å². The van der Waals surface area contributed by atoms with E-state index in [1.165, 1.54) is 0 Å². The van der Waals surface area contributed by atoms with Crippen molar-refractivity contribution in [3.8, 4) is 5.69 Å². The van der Waals surface area contributed by atoms with E-state index in [2.05, 4.69) is 15.5 Å². The van der Waals surface area contributed by atoms with Crippen LogP contribution in [-0.2, 0) is 25.8 Å². The standard InChI is InChI=1S/C20H17F6N5O/c1-30-16-7-3-6-15(13(16)9-27-30)29-18(32)14-10-28-31(17(14)20(24,25)26)12-5-2-4-11(8-12)19(21,22)23/h2,4-5,8-10,15H,3,6-7H2,1H3,(H,29,32). The van der Waals surface area contributed by atoms with Crippen LogP contribution < -0.4 is 5.32 Å². The van der Waals surface area contributed by atoms with Gasteiger partial charge in [-0.3, -0.25) is 9.48 Å². The zero-order chi connectivity index (χ0) is 23.3. The average molecular weight is 457 g/mol. The van der Waals surface area contributed by atoms with Crippen LogP contribution in [0.3, 0.4) is 0 Å². The lowest BCUT2D eigenvalue weighted by atomic mass is 9.93. The minimum atomic E-state index is -5.04. The van der Waals surface area contributed by atoms with E-state index in [0.29, 0.717) is 29.8 Å². The maximum atomic E-state index is 13.9. The van der Waals surface area contributed by atoms with Gasteiger partial charge in [0.1, 0.15) is 0 Å². The van der Waals surface area contributed by atoms with Crippen LogP contribution in [0, 0.1) is 0 Å². The number of amides is 1. The number of aryl methyl sites for hydroxylation is 1. The highest BCUT2D eigenvalue weighted by molar-refractivity contribution is 5.95. The first-order valence-corrected chi connectivity index (χ1v) is 9.61. The first-order valence-electron chi connectivity index (χ1n) is 9.61. The van der Waals surface area contributed by atoms with Gasteiger partial charge in [-0.25, -0.2) is 4.68 Å². The summed E-state index contributed by atoms with van der Waals surface area (Å²) in [4.78, 5) is 12.8. The van der Waals surface area contributed by atoms with Gasteiger partial charge in [0.2, 0.25) is 0 Å². The van der Waals surface area contributed by atoms with Gasteiger partial charge >= 0.3 is 12.4 Å². The summed E-state index contributed by atoms with van der Waals surface area (Å²) in [5.41, 5.74) is -2.19. The largest absolute Gasteiger partial charge is 0.434 e. The minimum Gasteiger partial charge on any atom is -0.345 e. The summed E-state index contributed by atoms with van der Waals surface area (Å²) in [6.07, 6.45) is -5.53. The van der Waals surface area contributed by atoms with Gasteiger partial charge in [-0.05, 0) is 37.5 Å². The van der Waals surface area contributed by atoms with Gasteiger partial charge in [-0.15, -0.1) is 0 Å². The van der Waals surface area contributed by atoms with Crippen LogP contribution >= 0.6 is 0 Å². The number of benzene rings is 1. The number of carbonyl (C=O) groups is 1. The third-order valence-electron chi connectivity index (χ3n) is 5.38. The number of nitrogens with one attached hydrogen (secondary N) is 1. The Morgan fingerprint density at radius 1 is 1.09 bits per heavy atom. The molecule has 4 rings (SSSR count). The molecule has 6 nitrogen and oxygen atoms in total. The molecular formula is C20H17F6N5O. The number of nitrogens with zero attached hydrogens (tertiary/aromatic N) is 4. The summed E-state index contributed by atoms with van der Waals surface area (Å²) in [5, 5.41) is 10.3. The number of halogens is 6. The van der Waals surface area contributed by atoms with Crippen LogP contribution in [0.25, 0.3) is 5.69 Å². The number of hydrogen-bond acceptors (Lipinski definition) is 3. The normalized spacial score (nSPS) is 16.7. The summed E-state index contributed by atoms with van der Waals surface area (Å²) in [6.45, 7) is 0. The highest BCUT2D eigenvalue weighted by Gasteiger charge is 2.41. The first-order chi connectivity index (χ1) is 15.0. The molecule has 0 saturated heterocycles. The average Bonchev–Trinajstić information content (AvgIpc) is 3.33. The quantitative estimate of drug-likeness (QED) is 0.591. The molecule has 1 aromatic carbocycles. The maximum Gasteiger partial charge on any atom is 0.434 e. The Morgan fingerprint density at radius 3 is 2.53 bits per heavy atom. The van der Waals surface area contributed by atoms with Crippen LogP contribution in [0.15, 0.2) is 36.7 Å². The van der Waals surface area contributed by atoms with Crippen molar-refractivity contribution in [3.63, 3.8) is 0 Å². The van der Waals surface area contributed by atoms with Gasteiger partial charge in [0.25, 0.3) is 5.91 Å². The summed E-state index contributed by atoms with van der Waals surface area (Å²) in [7, 11) is 1.74. The molecule has 12 heteroatoms. The molecule has 2 heterocycles. The van der Waals surface area contributed by atoms with Crippen molar-refractivity contribution in [2.75, 3.05) is 0 Å². The number of carbonyl (C=O) groups excluding carboxylic acids is 1. The predicted molar refractivity (Wildman–Crippen MR) is 99.9 cm³/mol. The van der Waals surface area contributed by atoms with Crippen LogP contribution in [0.5, 0.6) is 0 Å². The Labute approximate surface area is 177 Å². The molecule has 0 aliphatic heterocycles. The van der Waals surface area contributed by atoms with Crippen LogP contribution in [0.4, 0.5) is 26.3 Å². The third-order valence-corrected chi connectivity index (χ3v) is 5.38. The van der Waals surface area contributed by atoms with Gasteiger partial charge in [0.05, 0.1) is 35.2 Å². The Balaban J connectivity index is 1.71. The SMILES string of the molecule is Cn1ncc2c1CCCC2NC(=O)c1cnn(-c2cccc(C(F)(F)F)c2)c1C(F)(F)F. The smallest absolute Gasteiger partial charge is 0.345 e. The molecule has 1 N–H and O–H groups in total. The highest BCUT2D eigenvalue weighted by atomic mass is 19.4. The van der Waals surface area contributed by atoms with Crippen molar-refractivity contribution in [1.82, 2.24) is 24.9 Å². The molecule has 1 unspecified atom stereocenters. The first kappa shape index (κ1) is 21.9. The molecule has 0 radical (unpaired) electrons. The second kappa shape index (κ2) is 7.68. The summed E-state index contributed by atoms with van der Waals surface area (Å²) in [6, 6.07) is 2.79. The van der Waals surface area contributed by atoms with E-state index in [9.17, 15) is 31.1 Å². The zero-order valence-corrected chi connectivity index (χ0v) is 16.6. The predicted octanol–water partition coefficient (Wildman–Crippen LogP) is 4.45. The molecule has 3 aromatic rings. The summed E-state index contributed by atoms with van der Waals surface area (Å²) >= 11 is 0. The second-order valence-corrected chi connectivity index (χ2v) is 7.45. The molecule has 1 atom stereocenters. The molecule has 0 fully saturated rings. The molecule has 2 aromatic heterocycles. The molecule has 1 amide bonds. The van der Waals surface area contributed by atoms with Crippen LogP contribution in [0.2, 0.25) is 0 Å². The lowest BCUT2D eigenvalue weighted by molar-refractivity contribution is -0.143. The number of hydrogen-bond donors (Lipinski definition) is 1. The van der Waals surface area contributed by atoms with Gasteiger partial charge in [-0.1, -0.05) is 6.07 Å². The topological polar surface area (TPSA) is 64.7 Å². The fourth-order valence-electron chi connectivity index (χ4n) is 3.89. The van der Waals surface area contributed by atoms with E-state index in [-0.39, 0.29) is 0 Å². The zero-order valence-electron chi connectivity index (χ0n) is 16.6. The Kier molecular flexibility index (Phi) is 5.25. The van der Waals surface area contributed by atoms with Crippen molar-refractivity contribution in [3.05, 3.63) is 64.7 Å². The molecule has 170 valence electrons. The van der Waals surface area contributed by atoms with Gasteiger partial charge in [0.15, 0.2) is 5.69 Å². The van der Waals surface area contributed by atoms with E-state index >= 15 is 0 Å². The van der Waals surface area contributed by atoms with E-state index in [1.54, 1.807) is 17.9 Å². The molecular weight excluding hydrogens is 440 g/mol. The lowest BCUT2D eigenvalue weighted by Gasteiger charge is -2.24. The second-order valence-electron chi connectivity index (χ2n) is 7.45. The molecule has 32 heavy (non-hydrogen) atoms. The molecule has 1 aliphatic carbocycles. The fraction of sp³-hybridized carbons (Fsp3) is 0.350. The number of alkyl halides is 6. The molecule has 0 saturated carbocycles. The monoisotopic (exact) mass is 457 g/mol. The third kappa shape index (κ3) is 3.96. The van der Waals surface area contributed by atoms with E-state index in [1.807, 2.05) is 0 Å². The van der Waals surface area contributed by atoms with Crippen LogP contribution in [-0.4, -0.2) is 25.5 Å². The number of aromatic nitrogens is 4. The number of rotatable bonds is 3. The highest BCUT2D eigenvalue weighted by Crippen LogP contribution is 2.36. The fourth-order valence-corrected chi connectivity index (χ4v) is 3.89.